The molecule has 0 atom stereocenters. The third-order valence-corrected chi connectivity index (χ3v) is 3.12. The zero-order valence-electron chi connectivity index (χ0n) is 12.6. The van der Waals surface area contributed by atoms with Gasteiger partial charge < -0.3 is 9.80 Å². The number of aliphatic imine (C=N–C) groups is 1. The van der Waals surface area contributed by atoms with Crippen molar-refractivity contribution in [2.45, 2.75) is 12.8 Å². The Kier molecular flexibility index (Phi) is 6.13. The second-order valence-electron chi connectivity index (χ2n) is 4.89. The number of benzene rings is 1. The Bertz CT molecular complexity index is 418. The van der Waals surface area contributed by atoms with Crippen LogP contribution in [0.2, 0.25) is 0 Å². The molecule has 0 saturated carbocycles. The zero-order chi connectivity index (χ0) is 14.3. The van der Waals surface area contributed by atoms with Crippen LogP contribution in [0.4, 0.5) is 0 Å². The Hall–Kier alpha value is -1.77. The molecule has 0 unspecified atom stereocenters. The van der Waals surface area contributed by atoms with E-state index < -0.39 is 0 Å². The number of nitrogens with zero attached hydrogens (tertiary/aromatic N) is 3. The Morgan fingerprint density at radius 3 is 2.32 bits per heavy atom. The molecular formula is C16H25N3. The summed E-state index contributed by atoms with van der Waals surface area (Å²) >= 11 is 0. The van der Waals surface area contributed by atoms with E-state index >= 15 is 0 Å². The van der Waals surface area contributed by atoms with Crippen LogP contribution in [0.3, 0.4) is 0 Å². The lowest BCUT2D eigenvalue weighted by molar-refractivity contribution is 0.416. The third kappa shape index (κ3) is 4.78. The molecule has 0 aromatic heterocycles. The van der Waals surface area contributed by atoms with E-state index in [4.69, 9.17) is 0 Å². The summed E-state index contributed by atoms with van der Waals surface area (Å²) in [5.74, 6) is 1.02. The second-order valence-corrected chi connectivity index (χ2v) is 4.89. The van der Waals surface area contributed by atoms with Crippen LogP contribution in [-0.4, -0.2) is 50.5 Å². The van der Waals surface area contributed by atoms with Crippen molar-refractivity contribution in [3.8, 4) is 0 Å². The third-order valence-electron chi connectivity index (χ3n) is 3.12. The maximum Gasteiger partial charge on any atom is 0.195 e. The minimum absolute atomic E-state index is 1.01. The fourth-order valence-electron chi connectivity index (χ4n) is 2.15. The van der Waals surface area contributed by atoms with Crippen molar-refractivity contribution in [3.05, 3.63) is 42.0 Å². The molecule has 0 spiro atoms. The van der Waals surface area contributed by atoms with E-state index in [1.165, 1.54) is 11.1 Å². The van der Waals surface area contributed by atoms with Crippen LogP contribution < -0.4 is 0 Å². The predicted molar refractivity (Wildman–Crippen MR) is 84.5 cm³/mol. The van der Waals surface area contributed by atoms with Crippen LogP contribution in [0.25, 0.3) is 6.08 Å². The highest BCUT2D eigenvalue weighted by molar-refractivity contribution is 5.79. The lowest BCUT2D eigenvalue weighted by Crippen LogP contribution is -2.38. The average Bonchev–Trinajstić information content (AvgIpc) is 2.40. The van der Waals surface area contributed by atoms with Crippen molar-refractivity contribution in [3.63, 3.8) is 0 Å². The standard InChI is InChI=1S/C16H25N3/c1-6-14-9-11-15(12-10-14)8-7-13-19(5)16(17-2)18(3)4/h6,9-12H,1,7-8,13H2,2-5H3. The molecule has 0 bridgehead atoms. The number of aryl methyl sites for hydroxylation is 1. The fourth-order valence-corrected chi connectivity index (χ4v) is 2.15. The van der Waals surface area contributed by atoms with Gasteiger partial charge in [-0.2, -0.15) is 0 Å². The van der Waals surface area contributed by atoms with E-state index in [-0.39, 0.29) is 0 Å². The highest BCUT2D eigenvalue weighted by atomic mass is 15.3. The van der Waals surface area contributed by atoms with Crippen molar-refractivity contribution < 1.29 is 0 Å². The van der Waals surface area contributed by atoms with Crippen LogP contribution in [-0.2, 0) is 6.42 Å². The molecule has 1 rings (SSSR count). The van der Waals surface area contributed by atoms with Gasteiger partial charge in [0.15, 0.2) is 5.96 Å². The SMILES string of the molecule is C=Cc1ccc(CCCN(C)C(=NC)N(C)C)cc1. The lowest BCUT2D eigenvalue weighted by atomic mass is 10.1. The average molecular weight is 259 g/mol. The molecule has 3 heteroatoms. The van der Waals surface area contributed by atoms with Crippen molar-refractivity contribution in [2.24, 2.45) is 4.99 Å². The maximum atomic E-state index is 4.29. The molecule has 0 N–H and O–H groups in total. The van der Waals surface area contributed by atoms with Gasteiger partial charge in [0.2, 0.25) is 0 Å². The Morgan fingerprint density at radius 1 is 1.21 bits per heavy atom. The minimum Gasteiger partial charge on any atom is -0.349 e. The van der Waals surface area contributed by atoms with Crippen LogP contribution in [0.1, 0.15) is 17.5 Å². The number of guanidine groups is 1. The van der Waals surface area contributed by atoms with Gasteiger partial charge in [-0.3, -0.25) is 4.99 Å². The molecule has 0 amide bonds. The summed E-state index contributed by atoms with van der Waals surface area (Å²) in [6.45, 7) is 4.77. The Balaban J connectivity index is 2.43. The van der Waals surface area contributed by atoms with Gasteiger partial charge in [-0.1, -0.05) is 36.9 Å². The van der Waals surface area contributed by atoms with Crippen LogP contribution in [0.15, 0.2) is 35.8 Å². The molecule has 0 aliphatic carbocycles. The highest BCUT2D eigenvalue weighted by Crippen LogP contribution is 2.08. The fraction of sp³-hybridized carbons (Fsp3) is 0.438. The topological polar surface area (TPSA) is 18.8 Å². The van der Waals surface area contributed by atoms with Crippen molar-refractivity contribution in [1.29, 1.82) is 0 Å². The van der Waals surface area contributed by atoms with Crippen LogP contribution in [0.5, 0.6) is 0 Å². The molecule has 1 aromatic carbocycles. The van der Waals surface area contributed by atoms with Gasteiger partial charge in [0.25, 0.3) is 0 Å². The summed E-state index contributed by atoms with van der Waals surface area (Å²) < 4.78 is 0. The largest absolute Gasteiger partial charge is 0.349 e. The summed E-state index contributed by atoms with van der Waals surface area (Å²) in [5, 5.41) is 0. The molecule has 0 heterocycles. The molecule has 0 saturated heterocycles. The predicted octanol–water partition coefficient (Wildman–Crippen LogP) is 2.74. The van der Waals surface area contributed by atoms with Gasteiger partial charge in [0.05, 0.1) is 0 Å². The first-order valence-electron chi connectivity index (χ1n) is 6.65. The van der Waals surface area contributed by atoms with Gasteiger partial charge >= 0.3 is 0 Å². The summed E-state index contributed by atoms with van der Waals surface area (Å²) in [6, 6.07) is 8.59. The van der Waals surface area contributed by atoms with E-state index in [2.05, 4.69) is 47.8 Å². The molecular weight excluding hydrogens is 234 g/mol. The first-order valence-corrected chi connectivity index (χ1v) is 6.65. The number of hydrogen-bond donors (Lipinski definition) is 0. The highest BCUT2D eigenvalue weighted by Gasteiger charge is 2.07. The summed E-state index contributed by atoms with van der Waals surface area (Å²) in [5.41, 5.74) is 2.55. The first kappa shape index (κ1) is 15.3. The molecule has 19 heavy (non-hydrogen) atoms. The zero-order valence-corrected chi connectivity index (χ0v) is 12.6. The minimum atomic E-state index is 1.01. The van der Waals surface area contributed by atoms with E-state index in [0.717, 1.165) is 25.3 Å². The van der Waals surface area contributed by atoms with E-state index in [9.17, 15) is 0 Å². The van der Waals surface area contributed by atoms with Crippen molar-refractivity contribution in [2.75, 3.05) is 34.7 Å². The second kappa shape index (κ2) is 7.62. The first-order chi connectivity index (χ1) is 9.08. The molecule has 0 aliphatic rings. The van der Waals surface area contributed by atoms with E-state index in [0.29, 0.717) is 0 Å². The van der Waals surface area contributed by atoms with Gasteiger partial charge in [-0.25, -0.2) is 0 Å². The molecule has 104 valence electrons. The van der Waals surface area contributed by atoms with Gasteiger partial charge in [0.1, 0.15) is 0 Å². The van der Waals surface area contributed by atoms with Gasteiger partial charge in [-0.05, 0) is 24.0 Å². The Labute approximate surface area is 117 Å². The molecule has 0 aliphatic heterocycles. The smallest absolute Gasteiger partial charge is 0.195 e. The lowest BCUT2D eigenvalue weighted by Gasteiger charge is -2.26. The van der Waals surface area contributed by atoms with Crippen LogP contribution in [0, 0.1) is 0 Å². The molecule has 0 radical (unpaired) electrons. The van der Waals surface area contributed by atoms with Crippen LogP contribution >= 0.6 is 0 Å². The van der Waals surface area contributed by atoms with Gasteiger partial charge in [-0.15, -0.1) is 0 Å². The summed E-state index contributed by atoms with van der Waals surface area (Å²) in [4.78, 5) is 8.53. The molecule has 3 nitrogen and oxygen atoms in total. The molecule has 0 fully saturated rings. The molecule has 1 aromatic rings. The quantitative estimate of drug-likeness (QED) is 0.598. The monoisotopic (exact) mass is 259 g/mol. The van der Waals surface area contributed by atoms with E-state index in [1.807, 2.05) is 32.1 Å². The number of hydrogen-bond acceptors (Lipinski definition) is 1. The van der Waals surface area contributed by atoms with E-state index in [1.54, 1.807) is 0 Å². The van der Waals surface area contributed by atoms with Crippen molar-refractivity contribution >= 4 is 12.0 Å². The van der Waals surface area contributed by atoms with Gasteiger partial charge in [0, 0.05) is 34.7 Å². The normalized spacial score (nSPS) is 11.3. The van der Waals surface area contributed by atoms with Crippen molar-refractivity contribution in [1.82, 2.24) is 9.80 Å². The summed E-state index contributed by atoms with van der Waals surface area (Å²) in [7, 11) is 7.96. The number of rotatable bonds is 5. The maximum absolute atomic E-state index is 4.29. The Morgan fingerprint density at radius 2 is 1.84 bits per heavy atom. The summed E-state index contributed by atoms with van der Waals surface area (Å²) in [6.07, 6.45) is 4.08.